The van der Waals surface area contributed by atoms with E-state index in [4.69, 9.17) is 0 Å². The SMILES string of the molecule is O=C(CN1CCC(c2ccn[nH]2)CC1)N1CCC2CCCCC2C1. The zero-order chi connectivity index (χ0) is 16.4. The third kappa shape index (κ3) is 3.51. The Morgan fingerprint density at radius 1 is 1.08 bits per heavy atom. The molecule has 0 bridgehead atoms. The van der Waals surface area contributed by atoms with Crippen molar-refractivity contribution in [3.05, 3.63) is 18.0 Å². The summed E-state index contributed by atoms with van der Waals surface area (Å²) in [4.78, 5) is 17.2. The average Bonchev–Trinajstić information content (AvgIpc) is 3.16. The first-order chi connectivity index (χ1) is 11.8. The van der Waals surface area contributed by atoms with Gasteiger partial charge in [0, 0.05) is 30.9 Å². The fourth-order valence-corrected chi connectivity index (χ4v) is 5.01. The molecule has 1 aromatic heterocycles. The lowest BCUT2D eigenvalue weighted by molar-refractivity contribution is -0.135. The molecule has 2 unspecified atom stereocenters. The molecule has 1 aliphatic carbocycles. The summed E-state index contributed by atoms with van der Waals surface area (Å²) in [6, 6.07) is 2.08. The molecule has 5 nitrogen and oxygen atoms in total. The van der Waals surface area contributed by atoms with Crippen molar-refractivity contribution < 1.29 is 4.79 Å². The van der Waals surface area contributed by atoms with Crippen molar-refractivity contribution in [3.8, 4) is 0 Å². The van der Waals surface area contributed by atoms with Gasteiger partial charge in [-0.05, 0) is 56.7 Å². The summed E-state index contributed by atoms with van der Waals surface area (Å²) in [6.07, 6.45) is 10.8. The van der Waals surface area contributed by atoms with E-state index in [-0.39, 0.29) is 0 Å². The van der Waals surface area contributed by atoms with Gasteiger partial charge in [0.05, 0.1) is 6.54 Å². The normalized spacial score (nSPS) is 29.4. The minimum Gasteiger partial charge on any atom is -0.341 e. The number of piperidine rings is 2. The van der Waals surface area contributed by atoms with E-state index in [1.807, 2.05) is 6.20 Å². The molecule has 4 rings (SSSR count). The number of fused-ring (bicyclic) bond motifs is 1. The van der Waals surface area contributed by atoms with Crippen LogP contribution in [0.3, 0.4) is 0 Å². The Labute approximate surface area is 144 Å². The van der Waals surface area contributed by atoms with Crippen molar-refractivity contribution in [1.82, 2.24) is 20.0 Å². The molecule has 1 aromatic rings. The van der Waals surface area contributed by atoms with E-state index < -0.39 is 0 Å². The molecular formula is C19H30N4O. The summed E-state index contributed by atoms with van der Waals surface area (Å²) >= 11 is 0. The third-order valence-electron chi connectivity index (χ3n) is 6.55. The van der Waals surface area contributed by atoms with Crippen molar-refractivity contribution in [2.24, 2.45) is 11.8 Å². The second-order valence-electron chi connectivity index (χ2n) is 8.00. The predicted octanol–water partition coefficient (Wildman–Crippen LogP) is 2.63. The molecule has 5 heteroatoms. The Hall–Kier alpha value is -1.36. The lowest BCUT2D eigenvalue weighted by atomic mass is 9.75. The van der Waals surface area contributed by atoms with Gasteiger partial charge in [0.15, 0.2) is 0 Å². The fraction of sp³-hybridized carbons (Fsp3) is 0.789. The van der Waals surface area contributed by atoms with Crippen LogP contribution in [0.2, 0.25) is 0 Å². The molecule has 132 valence electrons. The Morgan fingerprint density at radius 2 is 1.88 bits per heavy atom. The highest BCUT2D eigenvalue weighted by atomic mass is 16.2. The lowest BCUT2D eigenvalue weighted by Gasteiger charge is -2.42. The number of aromatic amines is 1. The van der Waals surface area contributed by atoms with Gasteiger partial charge in [0.2, 0.25) is 5.91 Å². The van der Waals surface area contributed by atoms with Gasteiger partial charge in [-0.1, -0.05) is 19.3 Å². The van der Waals surface area contributed by atoms with Gasteiger partial charge in [-0.15, -0.1) is 0 Å². The van der Waals surface area contributed by atoms with Gasteiger partial charge in [-0.2, -0.15) is 5.10 Å². The van der Waals surface area contributed by atoms with Crippen LogP contribution in [0.1, 0.15) is 56.6 Å². The largest absolute Gasteiger partial charge is 0.341 e. The number of H-pyrrole nitrogens is 1. The van der Waals surface area contributed by atoms with Crippen LogP contribution < -0.4 is 0 Å². The van der Waals surface area contributed by atoms with Crippen LogP contribution in [0.25, 0.3) is 0 Å². The summed E-state index contributed by atoms with van der Waals surface area (Å²) in [5, 5.41) is 7.16. The van der Waals surface area contributed by atoms with Crippen LogP contribution in [0.5, 0.6) is 0 Å². The molecule has 0 radical (unpaired) electrons. The molecule has 3 heterocycles. The molecule has 2 atom stereocenters. The van der Waals surface area contributed by atoms with Crippen LogP contribution >= 0.6 is 0 Å². The van der Waals surface area contributed by atoms with E-state index in [0.717, 1.165) is 50.9 Å². The van der Waals surface area contributed by atoms with E-state index in [2.05, 4.69) is 26.1 Å². The molecule has 1 saturated carbocycles. The highest BCUT2D eigenvalue weighted by molar-refractivity contribution is 5.78. The predicted molar refractivity (Wildman–Crippen MR) is 93.6 cm³/mol. The van der Waals surface area contributed by atoms with Gasteiger partial charge in [-0.25, -0.2) is 0 Å². The first kappa shape index (κ1) is 16.1. The third-order valence-corrected chi connectivity index (χ3v) is 6.55. The Kier molecular flexibility index (Phi) is 4.88. The second-order valence-corrected chi connectivity index (χ2v) is 8.00. The molecule has 1 amide bonds. The molecular weight excluding hydrogens is 300 g/mol. The van der Waals surface area contributed by atoms with Crippen molar-refractivity contribution in [1.29, 1.82) is 0 Å². The number of carbonyl (C=O) groups is 1. The number of hydrogen-bond acceptors (Lipinski definition) is 3. The average molecular weight is 330 g/mol. The summed E-state index contributed by atoms with van der Waals surface area (Å²) in [5.41, 5.74) is 1.25. The quantitative estimate of drug-likeness (QED) is 0.927. The first-order valence-corrected chi connectivity index (χ1v) is 9.79. The van der Waals surface area contributed by atoms with Gasteiger partial charge >= 0.3 is 0 Å². The molecule has 1 N–H and O–H groups in total. The monoisotopic (exact) mass is 330 g/mol. The highest BCUT2D eigenvalue weighted by Gasteiger charge is 2.33. The maximum absolute atomic E-state index is 12.7. The van der Waals surface area contributed by atoms with E-state index >= 15 is 0 Å². The molecule has 3 aliphatic rings. The van der Waals surface area contributed by atoms with E-state index in [1.165, 1.54) is 37.8 Å². The molecule has 24 heavy (non-hydrogen) atoms. The second kappa shape index (κ2) is 7.26. The molecule has 0 aromatic carbocycles. The molecule has 3 fully saturated rings. The van der Waals surface area contributed by atoms with Gasteiger partial charge in [0.25, 0.3) is 0 Å². The smallest absolute Gasteiger partial charge is 0.236 e. The Bertz CT molecular complexity index is 536. The molecule has 2 saturated heterocycles. The summed E-state index contributed by atoms with van der Waals surface area (Å²) < 4.78 is 0. The fourth-order valence-electron chi connectivity index (χ4n) is 5.01. The summed E-state index contributed by atoms with van der Waals surface area (Å²) in [6.45, 7) is 4.68. The maximum atomic E-state index is 12.7. The van der Waals surface area contributed by atoms with Crippen molar-refractivity contribution in [2.75, 3.05) is 32.7 Å². The summed E-state index contributed by atoms with van der Waals surface area (Å²) in [7, 11) is 0. The number of aromatic nitrogens is 2. The highest BCUT2D eigenvalue weighted by Crippen LogP contribution is 2.36. The molecule has 2 aliphatic heterocycles. The van der Waals surface area contributed by atoms with Crippen LogP contribution in [0, 0.1) is 11.8 Å². The Morgan fingerprint density at radius 3 is 2.62 bits per heavy atom. The number of carbonyl (C=O) groups excluding carboxylic acids is 1. The number of hydrogen-bond donors (Lipinski definition) is 1. The topological polar surface area (TPSA) is 52.2 Å². The van der Waals surface area contributed by atoms with Crippen LogP contribution in [-0.4, -0.2) is 58.6 Å². The zero-order valence-electron chi connectivity index (χ0n) is 14.6. The maximum Gasteiger partial charge on any atom is 0.236 e. The van der Waals surface area contributed by atoms with Crippen molar-refractivity contribution >= 4 is 5.91 Å². The molecule has 0 spiro atoms. The number of nitrogens with zero attached hydrogens (tertiary/aromatic N) is 3. The zero-order valence-corrected chi connectivity index (χ0v) is 14.6. The number of likely N-dealkylation sites (tertiary alicyclic amines) is 2. The van der Waals surface area contributed by atoms with Gasteiger partial charge in [0.1, 0.15) is 0 Å². The minimum absolute atomic E-state index is 0.360. The van der Waals surface area contributed by atoms with Gasteiger partial charge < -0.3 is 4.90 Å². The van der Waals surface area contributed by atoms with Crippen molar-refractivity contribution in [3.63, 3.8) is 0 Å². The van der Waals surface area contributed by atoms with Crippen LogP contribution in [0.15, 0.2) is 12.3 Å². The number of nitrogens with one attached hydrogen (secondary N) is 1. The number of rotatable bonds is 3. The van der Waals surface area contributed by atoms with E-state index in [1.54, 1.807) is 0 Å². The van der Waals surface area contributed by atoms with E-state index in [9.17, 15) is 4.79 Å². The lowest BCUT2D eigenvalue weighted by Crippen LogP contribution is -2.49. The first-order valence-electron chi connectivity index (χ1n) is 9.79. The van der Waals surface area contributed by atoms with Gasteiger partial charge in [-0.3, -0.25) is 14.8 Å². The Balaban J connectivity index is 1.25. The van der Waals surface area contributed by atoms with E-state index in [0.29, 0.717) is 18.4 Å². The minimum atomic E-state index is 0.360. The summed E-state index contributed by atoms with van der Waals surface area (Å²) in [5.74, 6) is 2.62. The van der Waals surface area contributed by atoms with Crippen LogP contribution in [-0.2, 0) is 4.79 Å². The van der Waals surface area contributed by atoms with Crippen LogP contribution in [0.4, 0.5) is 0 Å². The van der Waals surface area contributed by atoms with Crippen molar-refractivity contribution in [2.45, 2.75) is 50.9 Å². The standard InChI is InChI=1S/C19H30N4O/c24-19(23-12-8-15-3-1-2-4-17(15)13-23)14-22-10-6-16(7-11-22)18-5-9-20-21-18/h5,9,15-17H,1-4,6-8,10-14H2,(H,20,21). The number of amides is 1.